The quantitative estimate of drug-likeness (QED) is 0.843. The minimum atomic E-state index is 0.253. The molecule has 0 fully saturated rings. The van der Waals surface area contributed by atoms with Gasteiger partial charge in [0.2, 0.25) is 0 Å². The maximum Gasteiger partial charge on any atom is 0.0759 e. The lowest BCUT2D eigenvalue weighted by molar-refractivity contribution is 0.474. The molecule has 0 radical (unpaired) electrons. The molecule has 1 unspecified atom stereocenters. The number of likely N-dealkylation sites (N-methyl/N-ethyl adjacent to an activating group) is 1. The molecule has 0 bridgehead atoms. The van der Waals surface area contributed by atoms with Crippen molar-refractivity contribution in [2.75, 3.05) is 6.54 Å². The third kappa shape index (κ3) is 3.90. The van der Waals surface area contributed by atoms with E-state index in [-0.39, 0.29) is 6.04 Å². The van der Waals surface area contributed by atoms with E-state index in [2.05, 4.69) is 69.7 Å². The van der Waals surface area contributed by atoms with Gasteiger partial charge in [-0.15, -0.1) is 5.10 Å². The van der Waals surface area contributed by atoms with Gasteiger partial charge in [0.1, 0.15) is 0 Å². The smallest absolute Gasteiger partial charge is 0.0759 e. The molecule has 1 atom stereocenters. The molecule has 0 spiro atoms. The highest BCUT2D eigenvalue weighted by atomic mass is 79.9. The van der Waals surface area contributed by atoms with Crippen LogP contribution in [0, 0.1) is 0 Å². The minimum absolute atomic E-state index is 0.253. The predicted octanol–water partition coefficient (Wildman–Crippen LogP) is 3.34. The summed E-state index contributed by atoms with van der Waals surface area (Å²) < 4.78 is 3.12. The van der Waals surface area contributed by atoms with Gasteiger partial charge in [0.05, 0.1) is 17.9 Å². The highest BCUT2D eigenvalue weighted by molar-refractivity contribution is 9.10. The Morgan fingerprint density at radius 2 is 2.00 bits per heavy atom. The highest BCUT2D eigenvalue weighted by Crippen LogP contribution is 2.19. The predicted molar refractivity (Wildman–Crippen MR) is 84.6 cm³/mol. The van der Waals surface area contributed by atoms with Crippen LogP contribution in [0.2, 0.25) is 0 Å². The fourth-order valence-corrected chi connectivity index (χ4v) is 2.57. The molecule has 0 saturated heterocycles. The molecule has 0 saturated carbocycles. The molecular formula is C15H21BrN4. The topological polar surface area (TPSA) is 42.7 Å². The monoisotopic (exact) mass is 336 g/mol. The minimum Gasteiger partial charge on any atom is -0.309 e. The largest absolute Gasteiger partial charge is 0.309 e. The van der Waals surface area contributed by atoms with Crippen molar-refractivity contribution in [2.24, 2.45) is 0 Å². The van der Waals surface area contributed by atoms with Crippen LogP contribution in [0.25, 0.3) is 0 Å². The summed E-state index contributed by atoms with van der Waals surface area (Å²) in [6.07, 6.45) is 3.88. The van der Waals surface area contributed by atoms with Gasteiger partial charge in [-0.25, -0.2) is 4.68 Å². The Morgan fingerprint density at radius 1 is 1.25 bits per heavy atom. The van der Waals surface area contributed by atoms with Crippen LogP contribution < -0.4 is 5.32 Å². The fourth-order valence-electron chi connectivity index (χ4n) is 2.30. The molecule has 0 aliphatic carbocycles. The first-order chi connectivity index (χ1) is 9.74. The van der Waals surface area contributed by atoms with Crippen molar-refractivity contribution in [1.82, 2.24) is 20.3 Å². The van der Waals surface area contributed by atoms with E-state index in [1.165, 1.54) is 5.56 Å². The second-order valence-corrected chi connectivity index (χ2v) is 5.74. The van der Waals surface area contributed by atoms with Crippen LogP contribution in [-0.4, -0.2) is 21.5 Å². The summed E-state index contributed by atoms with van der Waals surface area (Å²) in [5.74, 6) is 0. The van der Waals surface area contributed by atoms with E-state index in [0.29, 0.717) is 0 Å². The molecule has 1 heterocycles. The standard InChI is InChI=1S/C15H21BrN4/c1-3-9-20-15(11-18-19-20)14(17-4-2)10-12-5-7-13(16)8-6-12/h5-8,11,14,17H,3-4,9-10H2,1-2H3. The SMILES string of the molecule is CCCn1nncc1C(Cc1ccc(Br)cc1)NCC. The summed E-state index contributed by atoms with van der Waals surface area (Å²) in [6.45, 7) is 6.13. The number of benzene rings is 1. The zero-order valence-electron chi connectivity index (χ0n) is 12.0. The first-order valence-electron chi connectivity index (χ1n) is 7.10. The first kappa shape index (κ1) is 15.2. The molecule has 0 aliphatic rings. The van der Waals surface area contributed by atoms with E-state index < -0.39 is 0 Å². The molecule has 20 heavy (non-hydrogen) atoms. The van der Waals surface area contributed by atoms with Crippen LogP contribution in [-0.2, 0) is 13.0 Å². The lowest BCUT2D eigenvalue weighted by atomic mass is 10.0. The van der Waals surface area contributed by atoms with Crippen LogP contribution in [0.3, 0.4) is 0 Å². The van der Waals surface area contributed by atoms with Gasteiger partial charge in [-0.2, -0.15) is 0 Å². The zero-order valence-corrected chi connectivity index (χ0v) is 13.6. The number of nitrogens with one attached hydrogen (secondary N) is 1. The van der Waals surface area contributed by atoms with E-state index in [1.807, 2.05) is 10.9 Å². The van der Waals surface area contributed by atoms with Gasteiger partial charge in [-0.05, 0) is 37.1 Å². The lowest BCUT2D eigenvalue weighted by Gasteiger charge is -2.18. The van der Waals surface area contributed by atoms with E-state index in [4.69, 9.17) is 0 Å². The van der Waals surface area contributed by atoms with Crippen LogP contribution in [0.1, 0.15) is 37.6 Å². The van der Waals surface area contributed by atoms with Gasteiger partial charge >= 0.3 is 0 Å². The Kier molecular flexibility index (Phi) is 5.73. The van der Waals surface area contributed by atoms with Gasteiger partial charge in [0.15, 0.2) is 0 Å². The Balaban J connectivity index is 2.17. The summed E-state index contributed by atoms with van der Waals surface area (Å²) >= 11 is 3.47. The summed E-state index contributed by atoms with van der Waals surface area (Å²) in [6, 6.07) is 8.73. The molecule has 2 rings (SSSR count). The molecule has 0 amide bonds. The van der Waals surface area contributed by atoms with Gasteiger partial charge in [0.25, 0.3) is 0 Å². The number of aryl methyl sites for hydroxylation is 1. The second kappa shape index (κ2) is 7.55. The van der Waals surface area contributed by atoms with Crippen molar-refractivity contribution in [3.8, 4) is 0 Å². The van der Waals surface area contributed by atoms with Gasteiger partial charge in [-0.3, -0.25) is 0 Å². The number of hydrogen-bond acceptors (Lipinski definition) is 3. The maximum absolute atomic E-state index is 4.18. The summed E-state index contributed by atoms with van der Waals surface area (Å²) in [7, 11) is 0. The van der Waals surface area contributed by atoms with Crippen LogP contribution in [0.15, 0.2) is 34.9 Å². The summed E-state index contributed by atoms with van der Waals surface area (Å²) in [5.41, 5.74) is 2.47. The van der Waals surface area contributed by atoms with Crippen molar-refractivity contribution in [3.05, 3.63) is 46.2 Å². The van der Waals surface area contributed by atoms with Crippen molar-refractivity contribution >= 4 is 15.9 Å². The number of hydrogen-bond donors (Lipinski definition) is 1. The van der Waals surface area contributed by atoms with Crippen molar-refractivity contribution in [3.63, 3.8) is 0 Å². The Bertz CT molecular complexity index is 521. The third-order valence-electron chi connectivity index (χ3n) is 3.24. The van der Waals surface area contributed by atoms with E-state index >= 15 is 0 Å². The van der Waals surface area contributed by atoms with Crippen LogP contribution in [0.5, 0.6) is 0 Å². The second-order valence-electron chi connectivity index (χ2n) is 4.82. The molecule has 108 valence electrons. The van der Waals surface area contributed by atoms with Crippen molar-refractivity contribution < 1.29 is 0 Å². The summed E-state index contributed by atoms with van der Waals surface area (Å²) in [4.78, 5) is 0. The molecular weight excluding hydrogens is 316 g/mol. The number of halogens is 1. The average Bonchev–Trinajstić information content (AvgIpc) is 2.89. The highest BCUT2D eigenvalue weighted by Gasteiger charge is 2.16. The summed E-state index contributed by atoms with van der Waals surface area (Å²) in [5, 5.41) is 11.8. The first-order valence-corrected chi connectivity index (χ1v) is 7.90. The molecule has 1 aromatic heterocycles. The Hall–Kier alpha value is -1.20. The van der Waals surface area contributed by atoms with Crippen molar-refractivity contribution in [1.29, 1.82) is 0 Å². The van der Waals surface area contributed by atoms with Crippen LogP contribution in [0.4, 0.5) is 0 Å². The normalized spacial score (nSPS) is 12.6. The van der Waals surface area contributed by atoms with E-state index in [0.717, 1.165) is 36.1 Å². The van der Waals surface area contributed by atoms with Gasteiger partial charge in [-0.1, -0.05) is 47.1 Å². The molecule has 1 aromatic carbocycles. The molecule has 1 N–H and O–H groups in total. The molecule has 4 nitrogen and oxygen atoms in total. The number of rotatable bonds is 7. The van der Waals surface area contributed by atoms with Gasteiger partial charge in [0, 0.05) is 11.0 Å². The number of nitrogens with zero attached hydrogens (tertiary/aromatic N) is 3. The fraction of sp³-hybridized carbons (Fsp3) is 0.467. The molecule has 5 heteroatoms. The third-order valence-corrected chi connectivity index (χ3v) is 3.77. The Labute approximate surface area is 128 Å². The average molecular weight is 337 g/mol. The maximum atomic E-state index is 4.18. The zero-order chi connectivity index (χ0) is 14.4. The lowest BCUT2D eigenvalue weighted by Crippen LogP contribution is -2.25. The number of aromatic nitrogens is 3. The molecule has 2 aromatic rings. The van der Waals surface area contributed by atoms with Crippen molar-refractivity contribution in [2.45, 2.75) is 39.3 Å². The Morgan fingerprint density at radius 3 is 2.65 bits per heavy atom. The van der Waals surface area contributed by atoms with Crippen LogP contribution >= 0.6 is 15.9 Å². The van der Waals surface area contributed by atoms with E-state index in [9.17, 15) is 0 Å². The molecule has 0 aliphatic heterocycles. The van der Waals surface area contributed by atoms with E-state index in [1.54, 1.807) is 0 Å². The van der Waals surface area contributed by atoms with Gasteiger partial charge < -0.3 is 5.32 Å².